The van der Waals surface area contributed by atoms with Crippen LogP contribution in [0.3, 0.4) is 0 Å². The second-order valence-corrected chi connectivity index (χ2v) is 4.39. The van der Waals surface area contributed by atoms with Gasteiger partial charge >= 0.3 is 12.0 Å². The lowest BCUT2D eigenvalue weighted by atomic mass is 10.1. The van der Waals surface area contributed by atoms with Crippen molar-refractivity contribution in [3.63, 3.8) is 0 Å². The van der Waals surface area contributed by atoms with E-state index < -0.39 is 18.0 Å². The van der Waals surface area contributed by atoms with E-state index in [9.17, 15) is 9.59 Å². The average Bonchev–Trinajstić information content (AvgIpc) is 2.90. The second kappa shape index (κ2) is 8.16. The molecule has 0 saturated heterocycles. The summed E-state index contributed by atoms with van der Waals surface area (Å²) in [4.78, 5) is 31.1. The lowest BCUT2D eigenvalue weighted by molar-refractivity contribution is -0.139. The van der Waals surface area contributed by atoms with E-state index >= 15 is 0 Å². The smallest absolute Gasteiger partial charge is 0.326 e. The zero-order valence-electron chi connectivity index (χ0n) is 11.6. The zero-order valence-corrected chi connectivity index (χ0v) is 11.6. The Bertz CT molecular complexity index is 421. The third-order valence-corrected chi connectivity index (χ3v) is 2.76. The molecule has 0 spiro atoms. The number of aliphatic carboxylic acids is 1. The van der Waals surface area contributed by atoms with Gasteiger partial charge in [0.05, 0.1) is 6.33 Å². The number of H-pyrrole nitrogens is 1. The van der Waals surface area contributed by atoms with E-state index in [-0.39, 0.29) is 6.42 Å². The van der Waals surface area contributed by atoms with Gasteiger partial charge in [-0.2, -0.15) is 0 Å². The van der Waals surface area contributed by atoms with Crippen molar-refractivity contribution in [2.75, 3.05) is 27.3 Å². The fourth-order valence-electron chi connectivity index (χ4n) is 1.62. The van der Waals surface area contributed by atoms with E-state index in [2.05, 4.69) is 15.3 Å². The number of carboxylic acid groups (broad SMARTS) is 1. The Kier molecular flexibility index (Phi) is 6.51. The first-order chi connectivity index (χ1) is 9.54. The molecule has 1 rings (SSSR count). The predicted octanol–water partition coefficient (Wildman–Crippen LogP) is 0.0833. The van der Waals surface area contributed by atoms with E-state index in [4.69, 9.17) is 9.84 Å². The van der Waals surface area contributed by atoms with Gasteiger partial charge in [0.25, 0.3) is 0 Å². The van der Waals surface area contributed by atoms with Gasteiger partial charge in [-0.1, -0.05) is 0 Å². The average molecular weight is 284 g/mol. The fourth-order valence-corrected chi connectivity index (χ4v) is 1.62. The number of carbonyl (C=O) groups excluding carboxylic acids is 1. The number of carboxylic acids is 1. The summed E-state index contributed by atoms with van der Waals surface area (Å²) in [7, 11) is 3.20. The summed E-state index contributed by atoms with van der Waals surface area (Å²) in [6, 6.07) is -1.42. The highest BCUT2D eigenvalue weighted by molar-refractivity contribution is 5.82. The molecule has 0 fully saturated rings. The highest BCUT2D eigenvalue weighted by atomic mass is 16.5. The largest absolute Gasteiger partial charge is 0.480 e. The summed E-state index contributed by atoms with van der Waals surface area (Å²) in [5, 5.41) is 11.6. The number of amides is 2. The van der Waals surface area contributed by atoms with Gasteiger partial charge < -0.3 is 25.0 Å². The van der Waals surface area contributed by atoms with Crippen molar-refractivity contribution < 1.29 is 19.4 Å². The van der Waals surface area contributed by atoms with Crippen LogP contribution < -0.4 is 5.32 Å². The van der Waals surface area contributed by atoms with Crippen molar-refractivity contribution in [1.29, 1.82) is 0 Å². The molecule has 1 aromatic rings. The Morgan fingerprint density at radius 3 is 2.90 bits per heavy atom. The number of hydrogen-bond donors (Lipinski definition) is 3. The maximum atomic E-state index is 11.9. The Hall–Kier alpha value is -2.09. The first-order valence-corrected chi connectivity index (χ1v) is 6.25. The summed E-state index contributed by atoms with van der Waals surface area (Å²) in [6.45, 7) is 1.05. The lowest BCUT2D eigenvalue weighted by Gasteiger charge is -2.21. The first kappa shape index (κ1) is 16.0. The molecule has 0 saturated carbocycles. The van der Waals surface area contributed by atoms with Crippen molar-refractivity contribution in [2.24, 2.45) is 0 Å². The minimum Gasteiger partial charge on any atom is -0.480 e. The van der Waals surface area contributed by atoms with Gasteiger partial charge in [-0.15, -0.1) is 0 Å². The van der Waals surface area contributed by atoms with Gasteiger partial charge in [0.15, 0.2) is 0 Å². The monoisotopic (exact) mass is 284 g/mol. The van der Waals surface area contributed by atoms with E-state index in [1.54, 1.807) is 14.2 Å². The van der Waals surface area contributed by atoms with Gasteiger partial charge in [0.1, 0.15) is 6.04 Å². The maximum absolute atomic E-state index is 11.9. The van der Waals surface area contributed by atoms with Crippen molar-refractivity contribution in [1.82, 2.24) is 20.2 Å². The number of methoxy groups -OCH3 is 1. The van der Waals surface area contributed by atoms with Gasteiger partial charge in [0, 0.05) is 45.6 Å². The fraction of sp³-hybridized carbons (Fsp3) is 0.583. The van der Waals surface area contributed by atoms with Crippen LogP contribution in [-0.2, 0) is 16.0 Å². The number of aromatic nitrogens is 2. The number of urea groups is 1. The molecule has 0 aliphatic heterocycles. The van der Waals surface area contributed by atoms with Gasteiger partial charge in [-0.05, 0) is 6.42 Å². The molecular formula is C12H20N4O4. The summed E-state index contributed by atoms with van der Waals surface area (Å²) >= 11 is 0. The van der Waals surface area contributed by atoms with Crippen molar-refractivity contribution in [3.05, 3.63) is 18.2 Å². The number of nitrogens with zero attached hydrogens (tertiary/aromatic N) is 2. The van der Waals surface area contributed by atoms with Crippen LogP contribution in [0.15, 0.2) is 12.5 Å². The molecule has 2 amide bonds. The molecule has 112 valence electrons. The van der Waals surface area contributed by atoms with E-state index in [1.165, 1.54) is 17.4 Å². The Labute approximate surface area is 117 Å². The maximum Gasteiger partial charge on any atom is 0.326 e. The molecule has 20 heavy (non-hydrogen) atoms. The van der Waals surface area contributed by atoms with Crippen LogP contribution in [0.4, 0.5) is 4.79 Å². The third kappa shape index (κ3) is 5.27. The molecule has 8 heteroatoms. The molecule has 8 nitrogen and oxygen atoms in total. The highest BCUT2D eigenvalue weighted by Gasteiger charge is 2.22. The van der Waals surface area contributed by atoms with Gasteiger partial charge in [-0.3, -0.25) is 0 Å². The van der Waals surface area contributed by atoms with Crippen LogP contribution in [0, 0.1) is 0 Å². The number of aromatic amines is 1. The normalized spacial score (nSPS) is 11.9. The van der Waals surface area contributed by atoms with Gasteiger partial charge in [-0.25, -0.2) is 14.6 Å². The van der Waals surface area contributed by atoms with Crippen molar-refractivity contribution in [2.45, 2.75) is 18.9 Å². The molecule has 0 bridgehead atoms. The summed E-state index contributed by atoms with van der Waals surface area (Å²) in [5.41, 5.74) is 0.653. The molecule has 1 atom stereocenters. The molecule has 1 heterocycles. The van der Waals surface area contributed by atoms with Crippen LogP contribution in [0.1, 0.15) is 12.1 Å². The lowest BCUT2D eigenvalue weighted by Crippen LogP contribution is -2.48. The molecular weight excluding hydrogens is 264 g/mol. The van der Waals surface area contributed by atoms with E-state index in [0.29, 0.717) is 25.3 Å². The van der Waals surface area contributed by atoms with E-state index in [0.717, 1.165) is 0 Å². The third-order valence-electron chi connectivity index (χ3n) is 2.76. The molecule has 0 aliphatic rings. The van der Waals surface area contributed by atoms with Crippen molar-refractivity contribution in [3.8, 4) is 0 Å². The van der Waals surface area contributed by atoms with Crippen molar-refractivity contribution >= 4 is 12.0 Å². The Morgan fingerprint density at radius 1 is 1.60 bits per heavy atom. The Balaban J connectivity index is 2.48. The topological polar surface area (TPSA) is 108 Å². The SMILES string of the molecule is COCCCN(C)C(=O)NC(Cc1cnc[nH]1)C(=O)O. The minimum atomic E-state index is -1.08. The molecule has 0 radical (unpaired) electrons. The second-order valence-electron chi connectivity index (χ2n) is 4.39. The minimum absolute atomic E-state index is 0.160. The molecule has 1 aromatic heterocycles. The van der Waals surface area contributed by atoms with Crippen LogP contribution >= 0.6 is 0 Å². The highest BCUT2D eigenvalue weighted by Crippen LogP contribution is 2.00. The first-order valence-electron chi connectivity index (χ1n) is 6.25. The zero-order chi connectivity index (χ0) is 15.0. The molecule has 0 aliphatic carbocycles. The summed E-state index contributed by atoms with van der Waals surface area (Å²) in [6.07, 6.45) is 3.85. The number of hydrogen-bond acceptors (Lipinski definition) is 4. The number of nitrogens with one attached hydrogen (secondary N) is 2. The van der Waals surface area contributed by atoms with Crippen LogP contribution in [0.25, 0.3) is 0 Å². The summed E-state index contributed by atoms with van der Waals surface area (Å²) < 4.78 is 4.90. The van der Waals surface area contributed by atoms with Gasteiger partial charge in [0.2, 0.25) is 0 Å². The van der Waals surface area contributed by atoms with Crippen LogP contribution in [0.5, 0.6) is 0 Å². The quantitative estimate of drug-likeness (QED) is 0.586. The molecule has 0 aromatic carbocycles. The molecule has 3 N–H and O–H groups in total. The molecule has 1 unspecified atom stereocenters. The predicted molar refractivity (Wildman–Crippen MR) is 71.4 cm³/mol. The summed E-state index contributed by atoms with van der Waals surface area (Å²) in [5.74, 6) is -1.08. The standard InChI is InChI=1S/C12H20N4O4/c1-16(4-3-5-20-2)12(19)15-10(11(17)18)6-9-7-13-8-14-9/h7-8,10H,3-6H2,1-2H3,(H,13,14)(H,15,19)(H,17,18). The number of ether oxygens (including phenoxy) is 1. The number of carbonyl (C=O) groups is 2. The Morgan fingerprint density at radius 2 is 2.35 bits per heavy atom. The number of rotatable bonds is 8. The van der Waals surface area contributed by atoms with E-state index in [1.807, 2.05) is 0 Å². The number of imidazole rings is 1. The van der Waals surface area contributed by atoms with Crippen LogP contribution in [0.2, 0.25) is 0 Å². The van der Waals surface area contributed by atoms with Crippen LogP contribution in [-0.4, -0.2) is 65.3 Å².